The van der Waals surface area contributed by atoms with Gasteiger partial charge in [-0.25, -0.2) is 0 Å². The zero-order valence-corrected chi connectivity index (χ0v) is 9.49. The van der Waals surface area contributed by atoms with E-state index < -0.39 is 0 Å². The zero-order chi connectivity index (χ0) is 10.0. The molecule has 0 aliphatic heterocycles. The van der Waals surface area contributed by atoms with E-state index in [-0.39, 0.29) is 0 Å². The largest absolute Gasteiger partial charge is 0.466 e. The highest BCUT2D eigenvalue weighted by atomic mass is 32.1. The molecule has 0 amide bonds. The lowest BCUT2D eigenvalue weighted by Crippen LogP contribution is -2.08. The molecule has 0 spiro atoms. The van der Waals surface area contributed by atoms with Gasteiger partial charge in [0.2, 0.25) is 0 Å². The van der Waals surface area contributed by atoms with Gasteiger partial charge in [0, 0.05) is 10.4 Å². The highest BCUT2D eigenvalue weighted by Crippen LogP contribution is 2.20. The van der Waals surface area contributed by atoms with Crippen LogP contribution in [0.25, 0.3) is 0 Å². The fourth-order valence-electron chi connectivity index (χ4n) is 1.33. The Labute approximate surface area is 85.1 Å². The van der Waals surface area contributed by atoms with Crippen molar-refractivity contribution < 1.29 is 4.42 Å². The summed E-state index contributed by atoms with van der Waals surface area (Å²) in [5, 5.41) is 0. The number of aryl methyl sites for hydroxylation is 2. The minimum absolute atomic E-state index is 0.464. The Kier molecular flexibility index (Phi) is 3.26. The van der Waals surface area contributed by atoms with Gasteiger partial charge in [-0.3, -0.25) is 0 Å². The number of rotatable bonds is 3. The molecule has 1 aromatic heterocycles. The molecule has 0 saturated heterocycles. The Hall–Kier alpha value is -0.630. The molecule has 0 saturated carbocycles. The molecule has 1 unspecified atom stereocenters. The van der Waals surface area contributed by atoms with Gasteiger partial charge in [-0.1, -0.05) is 26.1 Å². The summed E-state index contributed by atoms with van der Waals surface area (Å²) in [6, 6.07) is 2.03. The lowest BCUT2D eigenvalue weighted by atomic mass is 9.99. The van der Waals surface area contributed by atoms with Crippen LogP contribution in [0.1, 0.15) is 37.4 Å². The van der Waals surface area contributed by atoms with Crippen molar-refractivity contribution in [2.45, 2.75) is 34.1 Å². The van der Waals surface area contributed by atoms with Gasteiger partial charge in [0.05, 0.1) is 0 Å². The molecule has 1 heterocycles. The van der Waals surface area contributed by atoms with Gasteiger partial charge >= 0.3 is 0 Å². The second kappa shape index (κ2) is 4.05. The maximum absolute atomic E-state index is 5.44. The first-order chi connectivity index (χ1) is 6.06. The molecule has 1 aromatic rings. The van der Waals surface area contributed by atoms with Crippen molar-refractivity contribution >= 4 is 17.1 Å². The standard InChI is InChI=1S/C11H16OS/c1-5-7(2)11(13)10-6-8(3)12-9(10)4/h6-7H,5H2,1-4H3. The number of hydrogen-bond donors (Lipinski definition) is 0. The number of furan rings is 1. The minimum atomic E-state index is 0.464. The van der Waals surface area contributed by atoms with Crippen LogP contribution in [-0.2, 0) is 0 Å². The summed E-state index contributed by atoms with van der Waals surface area (Å²) in [5.41, 5.74) is 1.11. The summed E-state index contributed by atoms with van der Waals surface area (Å²) in [6.45, 7) is 8.23. The monoisotopic (exact) mass is 196 g/mol. The SMILES string of the molecule is CCC(C)C(=S)c1cc(C)oc1C. The normalized spacial score (nSPS) is 12.9. The third-order valence-electron chi connectivity index (χ3n) is 2.37. The topological polar surface area (TPSA) is 13.1 Å². The Bertz CT molecular complexity index is 312. The fraction of sp³-hybridized carbons (Fsp3) is 0.545. The van der Waals surface area contributed by atoms with E-state index in [0.29, 0.717) is 5.92 Å². The first kappa shape index (κ1) is 10.5. The van der Waals surface area contributed by atoms with Crippen LogP contribution in [0, 0.1) is 19.8 Å². The Morgan fingerprint density at radius 1 is 1.54 bits per heavy atom. The maximum Gasteiger partial charge on any atom is 0.109 e. The lowest BCUT2D eigenvalue weighted by molar-refractivity contribution is 0.504. The van der Waals surface area contributed by atoms with E-state index in [1.807, 2.05) is 19.9 Å². The van der Waals surface area contributed by atoms with Crippen molar-refractivity contribution in [3.63, 3.8) is 0 Å². The van der Waals surface area contributed by atoms with Crippen molar-refractivity contribution in [1.82, 2.24) is 0 Å². The first-order valence-electron chi connectivity index (χ1n) is 4.67. The van der Waals surface area contributed by atoms with Crippen LogP contribution in [0.5, 0.6) is 0 Å². The molecular formula is C11H16OS. The Balaban J connectivity index is 2.94. The highest BCUT2D eigenvalue weighted by molar-refractivity contribution is 7.80. The van der Waals surface area contributed by atoms with E-state index in [1.54, 1.807) is 0 Å². The van der Waals surface area contributed by atoms with Gasteiger partial charge in [0.1, 0.15) is 11.5 Å². The summed E-state index contributed by atoms with van der Waals surface area (Å²) in [5.74, 6) is 2.35. The predicted octanol–water partition coefficient (Wildman–Crippen LogP) is 3.66. The van der Waals surface area contributed by atoms with Crippen LogP contribution in [0.15, 0.2) is 10.5 Å². The van der Waals surface area contributed by atoms with Gasteiger partial charge in [0.15, 0.2) is 0 Å². The molecule has 1 rings (SSSR count). The third-order valence-corrected chi connectivity index (χ3v) is 2.99. The minimum Gasteiger partial charge on any atom is -0.466 e. The summed E-state index contributed by atoms with van der Waals surface area (Å²) < 4.78 is 5.44. The van der Waals surface area contributed by atoms with Crippen molar-refractivity contribution in [2.75, 3.05) is 0 Å². The molecule has 1 nitrogen and oxygen atoms in total. The smallest absolute Gasteiger partial charge is 0.109 e. The lowest BCUT2D eigenvalue weighted by Gasteiger charge is -2.08. The number of hydrogen-bond acceptors (Lipinski definition) is 2. The van der Waals surface area contributed by atoms with Crippen LogP contribution in [0.3, 0.4) is 0 Å². The van der Waals surface area contributed by atoms with Gasteiger partial charge < -0.3 is 4.42 Å². The van der Waals surface area contributed by atoms with Crippen molar-refractivity contribution in [3.05, 3.63) is 23.2 Å². The molecule has 2 heteroatoms. The summed E-state index contributed by atoms with van der Waals surface area (Å²) >= 11 is 5.38. The first-order valence-corrected chi connectivity index (χ1v) is 5.08. The van der Waals surface area contributed by atoms with E-state index in [2.05, 4.69) is 13.8 Å². The second-order valence-corrected chi connectivity index (χ2v) is 3.94. The van der Waals surface area contributed by atoms with E-state index in [0.717, 1.165) is 28.4 Å². The maximum atomic E-state index is 5.44. The van der Waals surface area contributed by atoms with Crippen LogP contribution in [0.2, 0.25) is 0 Å². The Morgan fingerprint density at radius 2 is 2.15 bits per heavy atom. The van der Waals surface area contributed by atoms with Crippen molar-refractivity contribution in [3.8, 4) is 0 Å². The summed E-state index contributed by atoms with van der Waals surface area (Å²) in [7, 11) is 0. The second-order valence-electron chi connectivity index (χ2n) is 3.50. The third kappa shape index (κ3) is 2.19. The molecule has 0 N–H and O–H groups in total. The molecule has 0 aliphatic rings. The van der Waals surface area contributed by atoms with Crippen LogP contribution in [0.4, 0.5) is 0 Å². The Morgan fingerprint density at radius 3 is 2.54 bits per heavy atom. The van der Waals surface area contributed by atoms with Crippen LogP contribution >= 0.6 is 12.2 Å². The van der Waals surface area contributed by atoms with Crippen molar-refractivity contribution in [1.29, 1.82) is 0 Å². The average Bonchev–Trinajstić information content (AvgIpc) is 2.42. The molecule has 0 bridgehead atoms. The van der Waals surface area contributed by atoms with Crippen LogP contribution < -0.4 is 0 Å². The number of thiocarbonyl (C=S) groups is 1. The predicted molar refractivity (Wildman–Crippen MR) is 59.3 cm³/mol. The van der Waals surface area contributed by atoms with Gasteiger partial charge in [-0.05, 0) is 32.3 Å². The van der Waals surface area contributed by atoms with Gasteiger partial charge in [-0.15, -0.1) is 0 Å². The van der Waals surface area contributed by atoms with E-state index in [1.165, 1.54) is 0 Å². The molecule has 0 fully saturated rings. The average molecular weight is 196 g/mol. The quantitative estimate of drug-likeness (QED) is 0.540. The van der Waals surface area contributed by atoms with Gasteiger partial charge in [0.25, 0.3) is 0 Å². The molecule has 1 atom stereocenters. The molecule has 0 aliphatic carbocycles. The fourth-order valence-corrected chi connectivity index (χ4v) is 1.70. The molecule has 13 heavy (non-hydrogen) atoms. The van der Waals surface area contributed by atoms with Gasteiger partial charge in [-0.2, -0.15) is 0 Å². The molecule has 0 aromatic carbocycles. The molecule has 0 radical (unpaired) electrons. The zero-order valence-electron chi connectivity index (χ0n) is 8.68. The van der Waals surface area contributed by atoms with E-state index in [9.17, 15) is 0 Å². The molecular weight excluding hydrogens is 180 g/mol. The van der Waals surface area contributed by atoms with Crippen molar-refractivity contribution in [2.24, 2.45) is 5.92 Å². The van der Waals surface area contributed by atoms with Crippen LogP contribution in [-0.4, -0.2) is 4.86 Å². The summed E-state index contributed by atoms with van der Waals surface area (Å²) in [6.07, 6.45) is 1.09. The van der Waals surface area contributed by atoms with E-state index >= 15 is 0 Å². The highest BCUT2D eigenvalue weighted by Gasteiger charge is 2.14. The van der Waals surface area contributed by atoms with E-state index in [4.69, 9.17) is 16.6 Å². The summed E-state index contributed by atoms with van der Waals surface area (Å²) in [4.78, 5) is 1.02. The molecule has 72 valence electrons.